The number of hydrogen-bond donors (Lipinski definition) is 1. The third kappa shape index (κ3) is 4.95. The lowest BCUT2D eigenvalue weighted by Gasteiger charge is -2.19. The Balaban J connectivity index is 1.55. The van der Waals surface area contributed by atoms with Gasteiger partial charge >= 0.3 is 6.36 Å². The molecule has 31 heavy (non-hydrogen) atoms. The van der Waals surface area contributed by atoms with Gasteiger partial charge in [-0.05, 0) is 18.7 Å². The monoisotopic (exact) mass is 445 g/mol. The summed E-state index contributed by atoms with van der Waals surface area (Å²) in [5.74, 6) is 0.195. The van der Waals surface area contributed by atoms with E-state index < -0.39 is 6.36 Å². The number of rotatable bonds is 6. The van der Waals surface area contributed by atoms with Gasteiger partial charge in [0.25, 0.3) is 5.56 Å². The van der Waals surface area contributed by atoms with Crippen LogP contribution >= 0.6 is 11.3 Å². The van der Waals surface area contributed by atoms with Gasteiger partial charge in [0.05, 0.1) is 11.9 Å². The first kappa shape index (κ1) is 21.1. The van der Waals surface area contributed by atoms with E-state index in [1.54, 1.807) is 24.1 Å². The second-order valence-corrected chi connectivity index (χ2v) is 7.89. The highest BCUT2D eigenvalue weighted by molar-refractivity contribution is 7.17. The van der Waals surface area contributed by atoms with E-state index in [0.29, 0.717) is 21.6 Å². The highest BCUT2D eigenvalue weighted by Crippen LogP contribution is 2.31. The van der Waals surface area contributed by atoms with Crippen molar-refractivity contribution < 1.29 is 17.9 Å². The number of nitrogens with one attached hydrogen (secondary N) is 1. The molecular weight excluding hydrogens is 427 g/mol. The fourth-order valence-corrected chi connectivity index (χ4v) is 4.33. The number of nitrogens with zero attached hydrogens (tertiary/aromatic N) is 2. The summed E-state index contributed by atoms with van der Waals surface area (Å²) in [6, 6.07) is 15.6. The van der Waals surface area contributed by atoms with Crippen molar-refractivity contribution in [2.75, 3.05) is 7.05 Å². The zero-order valence-electron chi connectivity index (χ0n) is 16.4. The first-order valence-corrected chi connectivity index (χ1v) is 10.3. The van der Waals surface area contributed by atoms with E-state index in [-0.39, 0.29) is 24.4 Å². The first-order chi connectivity index (χ1) is 14.8. The van der Waals surface area contributed by atoms with Crippen LogP contribution in [0.15, 0.2) is 64.8 Å². The Morgan fingerprint density at radius 2 is 1.77 bits per heavy atom. The van der Waals surface area contributed by atoms with Gasteiger partial charge in [-0.15, -0.1) is 24.5 Å². The third-order valence-corrected chi connectivity index (χ3v) is 5.51. The molecule has 0 aliphatic rings. The maximum Gasteiger partial charge on any atom is 0.573 e. The molecule has 0 aliphatic carbocycles. The minimum Gasteiger partial charge on any atom is -0.405 e. The van der Waals surface area contributed by atoms with Crippen LogP contribution in [0.1, 0.15) is 11.4 Å². The normalized spacial score (nSPS) is 11.9. The molecule has 0 atom stereocenters. The van der Waals surface area contributed by atoms with Crippen LogP contribution in [-0.4, -0.2) is 28.3 Å². The van der Waals surface area contributed by atoms with Crippen molar-refractivity contribution in [3.8, 4) is 16.9 Å². The summed E-state index contributed by atoms with van der Waals surface area (Å²) in [4.78, 5) is 22.5. The van der Waals surface area contributed by atoms with Crippen LogP contribution in [0.5, 0.6) is 5.75 Å². The van der Waals surface area contributed by atoms with Gasteiger partial charge in [0.15, 0.2) is 0 Å². The van der Waals surface area contributed by atoms with Crippen molar-refractivity contribution in [1.82, 2.24) is 14.9 Å². The maximum atomic E-state index is 12.8. The molecule has 2 heterocycles. The largest absolute Gasteiger partial charge is 0.573 e. The van der Waals surface area contributed by atoms with Crippen LogP contribution in [0.2, 0.25) is 0 Å². The van der Waals surface area contributed by atoms with E-state index in [4.69, 9.17) is 0 Å². The van der Waals surface area contributed by atoms with Crippen molar-refractivity contribution >= 4 is 21.6 Å². The molecule has 0 saturated carbocycles. The number of fused-ring (bicyclic) bond motifs is 1. The Kier molecular flexibility index (Phi) is 5.79. The van der Waals surface area contributed by atoms with Crippen molar-refractivity contribution in [3.63, 3.8) is 0 Å². The number of aromatic amines is 1. The Bertz CT molecular complexity index is 1250. The van der Waals surface area contributed by atoms with Crippen molar-refractivity contribution in [2.24, 2.45) is 0 Å². The number of para-hydroxylation sites is 1. The van der Waals surface area contributed by atoms with Crippen molar-refractivity contribution in [2.45, 2.75) is 19.5 Å². The number of H-pyrrole nitrogens is 1. The molecule has 2 aromatic heterocycles. The SMILES string of the molecule is CN(Cc1nc2scc(-c3ccccc3)c2c(=O)[nH]1)Cc1ccccc1OC(F)(F)F. The summed E-state index contributed by atoms with van der Waals surface area (Å²) in [5, 5.41) is 2.44. The van der Waals surface area contributed by atoms with Gasteiger partial charge in [0.1, 0.15) is 16.4 Å². The molecule has 0 saturated heterocycles. The topological polar surface area (TPSA) is 58.2 Å². The predicted octanol–water partition coefficient (Wildman–Crippen LogP) is 5.18. The molecule has 4 aromatic rings. The maximum absolute atomic E-state index is 12.8. The van der Waals surface area contributed by atoms with Crippen LogP contribution in [-0.2, 0) is 13.1 Å². The molecule has 0 amide bonds. The van der Waals surface area contributed by atoms with Crippen molar-refractivity contribution in [1.29, 1.82) is 0 Å². The van der Waals surface area contributed by atoms with Gasteiger partial charge in [-0.2, -0.15) is 0 Å². The summed E-state index contributed by atoms with van der Waals surface area (Å²) < 4.78 is 42.0. The lowest BCUT2D eigenvalue weighted by atomic mass is 10.1. The fraction of sp³-hybridized carbons (Fsp3) is 0.182. The molecule has 0 unspecified atom stereocenters. The molecule has 160 valence electrons. The number of halogens is 3. The smallest absolute Gasteiger partial charge is 0.405 e. The molecule has 0 fully saturated rings. The molecule has 9 heteroatoms. The highest BCUT2D eigenvalue weighted by atomic mass is 32.1. The van der Waals surface area contributed by atoms with Crippen molar-refractivity contribution in [3.05, 3.63) is 81.7 Å². The summed E-state index contributed by atoms with van der Waals surface area (Å²) >= 11 is 1.38. The Labute approximate surface area is 179 Å². The Morgan fingerprint density at radius 1 is 1.06 bits per heavy atom. The van der Waals surface area contributed by atoms with Crippen LogP contribution in [0, 0.1) is 0 Å². The lowest BCUT2D eigenvalue weighted by Crippen LogP contribution is -2.23. The van der Waals surface area contributed by atoms with Gasteiger partial charge < -0.3 is 9.72 Å². The van der Waals surface area contributed by atoms with E-state index in [9.17, 15) is 18.0 Å². The lowest BCUT2D eigenvalue weighted by molar-refractivity contribution is -0.275. The van der Waals surface area contributed by atoms with Crippen LogP contribution in [0.3, 0.4) is 0 Å². The van der Waals surface area contributed by atoms with E-state index in [2.05, 4.69) is 14.7 Å². The molecule has 0 aliphatic heterocycles. The van der Waals surface area contributed by atoms with E-state index in [1.807, 2.05) is 35.7 Å². The minimum atomic E-state index is -4.76. The summed E-state index contributed by atoms with van der Waals surface area (Å²) in [6.45, 7) is 0.442. The van der Waals surface area contributed by atoms with Crippen LogP contribution in [0.4, 0.5) is 13.2 Å². The number of ether oxygens (including phenoxy) is 1. The zero-order valence-corrected chi connectivity index (χ0v) is 17.3. The molecule has 5 nitrogen and oxygen atoms in total. The predicted molar refractivity (Wildman–Crippen MR) is 114 cm³/mol. The van der Waals surface area contributed by atoms with E-state index in [0.717, 1.165) is 11.1 Å². The van der Waals surface area contributed by atoms with Gasteiger partial charge in [0, 0.05) is 23.1 Å². The average molecular weight is 445 g/mol. The van der Waals surface area contributed by atoms with Gasteiger partial charge in [-0.25, -0.2) is 4.98 Å². The first-order valence-electron chi connectivity index (χ1n) is 9.38. The zero-order chi connectivity index (χ0) is 22.0. The van der Waals surface area contributed by atoms with Crippen LogP contribution in [0.25, 0.3) is 21.3 Å². The number of aromatic nitrogens is 2. The molecule has 4 rings (SSSR count). The standard InChI is InChI=1S/C22H18F3N3O2S/c1-28(11-15-9-5-6-10-17(15)30-22(23,24)25)12-18-26-20(29)19-16(13-31-21(19)27-18)14-7-3-2-4-8-14/h2-10,13H,11-12H2,1H3,(H,26,27,29). The Morgan fingerprint density at radius 3 is 2.52 bits per heavy atom. The molecule has 2 aromatic carbocycles. The summed E-state index contributed by atoms with van der Waals surface area (Å²) in [6.07, 6.45) is -4.76. The molecule has 0 spiro atoms. The van der Waals surface area contributed by atoms with Gasteiger partial charge in [0.2, 0.25) is 0 Å². The number of alkyl halides is 3. The number of thiophene rings is 1. The van der Waals surface area contributed by atoms with E-state index in [1.165, 1.54) is 23.5 Å². The van der Waals surface area contributed by atoms with Crippen LogP contribution < -0.4 is 10.3 Å². The quantitative estimate of drug-likeness (QED) is 0.444. The molecular formula is C22H18F3N3O2S. The second-order valence-electron chi connectivity index (χ2n) is 7.04. The number of benzene rings is 2. The summed E-state index contributed by atoms with van der Waals surface area (Å²) in [7, 11) is 1.73. The van der Waals surface area contributed by atoms with Gasteiger partial charge in [-0.1, -0.05) is 48.5 Å². The second kappa shape index (κ2) is 8.52. The summed E-state index contributed by atoms with van der Waals surface area (Å²) in [5.41, 5.74) is 1.90. The molecule has 1 N–H and O–H groups in total. The third-order valence-electron chi connectivity index (χ3n) is 4.64. The molecule has 0 bridgehead atoms. The number of hydrogen-bond acceptors (Lipinski definition) is 5. The molecule has 0 radical (unpaired) electrons. The Hall–Kier alpha value is -3.17. The minimum absolute atomic E-state index is 0.188. The average Bonchev–Trinajstić information content (AvgIpc) is 3.13. The van der Waals surface area contributed by atoms with E-state index >= 15 is 0 Å². The highest BCUT2D eigenvalue weighted by Gasteiger charge is 2.32. The fourth-order valence-electron chi connectivity index (χ4n) is 3.36. The van der Waals surface area contributed by atoms with Gasteiger partial charge in [-0.3, -0.25) is 9.69 Å².